The first-order valence-corrected chi connectivity index (χ1v) is 9.63. The van der Waals surface area contributed by atoms with Crippen LogP contribution >= 0.6 is 11.6 Å². The Morgan fingerprint density at radius 3 is 2.73 bits per heavy atom. The van der Waals surface area contributed by atoms with Crippen molar-refractivity contribution in [1.82, 2.24) is 4.98 Å². The van der Waals surface area contributed by atoms with Gasteiger partial charge in [0, 0.05) is 22.3 Å². The molecule has 0 fully saturated rings. The van der Waals surface area contributed by atoms with E-state index >= 15 is 0 Å². The number of benzene rings is 3. The lowest BCUT2D eigenvalue weighted by Gasteiger charge is -2.09. The van der Waals surface area contributed by atoms with Crippen LogP contribution in [0.15, 0.2) is 65.1 Å². The summed E-state index contributed by atoms with van der Waals surface area (Å²) in [6.45, 7) is 1.76. The SMILES string of the molecule is COc1ccc2oc(-c3cccc(NC(=O)COc4ccc(Cl)c(C)c4)c3)nc2c1. The summed E-state index contributed by atoms with van der Waals surface area (Å²) >= 11 is 6.00. The van der Waals surface area contributed by atoms with Gasteiger partial charge >= 0.3 is 0 Å². The second kappa shape index (κ2) is 8.47. The van der Waals surface area contributed by atoms with Crippen LogP contribution in [0.4, 0.5) is 5.69 Å². The van der Waals surface area contributed by atoms with Crippen LogP contribution in [0.3, 0.4) is 0 Å². The summed E-state index contributed by atoms with van der Waals surface area (Å²) < 4.78 is 16.6. The summed E-state index contributed by atoms with van der Waals surface area (Å²) in [6, 6.07) is 18.0. The Labute approximate surface area is 178 Å². The van der Waals surface area contributed by atoms with Crippen molar-refractivity contribution in [1.29, 1.82) is 0 Å². The van der Waals surface area contributed by atoms with Crippen LogP contribution in [-0.4, -0.2) is 24.6 Å². The molecule has 1 heterocycles. The largest absolute Gasteiger partial charge is 0.497 e. The number of nitrogens with one attached hydrogen (secondary N) is 1. The minimum Gasteiger partial charge on any atom is -0.497 e. The molecule has 4 aromatic rings. The molecule has 0 aliphatic carbocycles. The van der Waals surface area contributed by atoms with Gasteiger partial charge in [-0.3, -0.25) is 4.79 Å². The second-order valence-corrected chi connectivity index (χ2v) is 7.09. The lowest BCUT2D eigenvalue weighted by atomic mass is 10.2. The number of aromatic nitrogens is 1. The summed E-state index contributed by atoms with van der Waals surface area (Å²) in [6.07, 6.45) is 0. The maximum Gasteiger partial charge on any atom is 0.262 e. The first-order chi connectivity index (χ1) is 14.5. The summed E-state index contributed by atoms with van der Waals surface area (Å²) in [5.74, 6) is 1.48. The van der Waals surface area contributed by atoms with Crippen molar-refractivity contribution < 1.29 is 18.7 Å². The number of anilines is 1. The fourth-order valence-corrected chi connectivity index (χ4v) is 3.06. The second-order valence-electron chi connectivity index (χ2n) is 6.68. The number of rotatable bonds is 6. The van der Waals surface area contributed by atoms with E-state index < -0.39 is 0 Å². The third-order valence-corrected chi connectivity index (χ3v) is 4.91. The van der Waals surface area contributed by atoms with Gasteiger partial charge in [-0.15, -0.1) is 0 Å². The van der Waals surface area contributed by atoms with Gasteiger partial charge in [-0.05, 0) is 61.0 Å². The Bertz CT molecular complexity index is 1220. The standard InChI is InChI=1S/C23H19ClN2O4/c1-14-10-18(6-8-19(14)24)29-13-22(27)25-16-5-3-4-15(11-16)23-26-20-12-17(28-2)7-9-21(20)30-23/h3-12H,13H2,1-2H3,(H,25,27). The third-order valence-electron chi connectivity index (χ3n) is 4.49. The van der Waals surface area contributed by atoms with Crippen molar-refractivity contribution in [3.63, 3.8) is 0 Å². The van der Waals surface area contributed by atoms with E-state index in [-0.39, 0.29) is 12.5 Å². The highest BCUT2D eigenvalue weighted by Crippen LogP contribution is 2.28. The number of ether oxygens (including phenoxy) is 2. The lowest BCUT2D eigenvalue weighted by molar-refractivity contribution is -0.118. The first kappa shape index (κ1) is 19.8. The summed E-state index contributed by atoms with van der Waals surface area (Å²) in [5, 5.41) is 3.47. The zero-order valence-corrected chi connectivity index (χ0v) is 17.2. The van der Waals surface area contributed by atoms with E-state index in [0.29, 0.717) is 39.2 Å². The molecule has 0 bridgehead atoms. The molecule has 1 amide bonds. The molecule has 7 heteroatoms. The molecule has 0 spiro atoms. The van der Waals surface area contributed by atoms with E-state index in [1.165, 1.54) is 0 Å². The minimum atomic E-state index is -0.276. The van der Waals surface area contributed by atoms with Gasteiger partial charge in [-0.1, -0.05) is 17.7 Å². The predicted molar refractivity (Wildman–Crippen MR) is 116 cm³/mol. The number of nitrogens with zero attached hydrogens (tertiary/aromatic N) is 1. The van der Waals surface area contributed by atoms with Gasteiger partial charge in [0.25, 0.3) is 5.91 Å². The molecule has 1 aromatic heterocycles. The molecule has 3 aromatic carbocycles. The molecule has 0 saturated heterocycles. The number of carbonyl (C=O) groups is 1. The zero-order valence-electron chi connectivity index (χ0n) is 16.4. The third kappa shape index (κ3) is 4.39. The van der Waals surface area contributed by atoms with E-state index in [1.54, 1.807) is 37.4 Å². The molecule has 0 aliphatic heterocycles. The molecule has 6 nitrogen and oxygen atoms in total. The van der Waals surface area contributed by atoms with Gasteiger partial charge in [0.1, 0.15) is 17.0 Å². The van der Waals surface area contributed by atoms with E-state index in [9.17, 15) is 4.79 Å². The first-order valence-electron chi connectivity index (χ1n) is 9.25. The van der Waals surface area contributed by atoms with Crippen LogP contribution < -0.4 is 14.8 Å². The molecule has 152 valence electrons. The van der Waals surface area contributed by atoms with Crippen LogP contribution in [0.2, 0.25) is 5.02 Å². The number of oxazole rings is 1. The predicted octanol–water partition coefficient (Wildman–Crippen LogP) is 5.48. The Balaban J connectivity index is 1.45. The summed E-state index contributed by atoms with van der Waals surface area (Å²) in [4.78, 5) is 16.8. The number of hydrogen-bond acceptors (Lipinski definition) is 5. The minimum absolute atomic E-state index is 0.117. The fraction of sp³-hybridized carbons (Fsp3) is 0.130. The highest BCUT2D eigenvalue weighted by molar-refractivity contribution is 6.31. The number of carbonyl (C=O) groups excluding carboxylic acids is 1. The van der Waals surface area contributed by atoms with Gasteiger partial charge in [0.15, 0.2) is 12.2 Å². The quantitative estimate of drug-likeness (QED) is 0.445. The maximum atomic E-state index is 12.3. The number of hydrogen-bond donors (Lipinski definition) is 1. The number of methoxy groups -OCH3 is 1. The van der Waals surface area contributed by atoms with Gasteiger partial charge in [0.2, 0.25) is 5.89 Å². The van der Waals surface area contributed by atoms with Gasteiger partial charge in [-0.2, -0.15) is 0 Å². The average Bonchev–Trinajstić information content (AvgIpc) is 3.18. The van der Waals surface area contributed by atoms with E-state index in [1.807, 2.05) is 37.3 Å². The van der Waals surface area contributed by atoms with Gasteiger partial charge < -0.3 is 19.2 Å². The van der Waals surface area contributed by atoms with Crippen molar-refractivity contribution >= 4 is 34.3 Å². The normalized spacial score (nSPS) is 10.8. The molecule has 4 rings (SSSR count). The van der Waals surface area contributed by atoms with E-state index in [2.05, 4.69) is 10.3 Å². The molecule has 0 unspecified atom stereocenters. The zero-order chi connectivity index (χ0) is 21.1. The molecule has 0 radical (unpaired) electrons. The Morgan fingerprint density at radius 1 is 1.10 bits per heavy atom. The number of fused-ring (bicyclic) bond motifs is 1. The summed E-state index contributed by atoms with van der Waals surface area (Å²) in [5.41, 5.74) is 3.61. The topological polar surface area (TPSA) is 73.6 Å². The van der Waals surface area contributed by atoms with E-state index in [4.69, 9.17) is 25.5 Å². The number of aryl methyl sites for hydroxylation is 1. The Kier molecular flexibility index (Phi) is 5.59. The highest BCUT2D eigenvalue weighted by Gasteiger charge is 2.11. The fourth-order valence-electron chi connectivity index (χ4n) is 2.94. The Morgan fingerprint density at radius 2 is 1.93 bits per heavy atom. The van der Waals surface area contributed by atoms with Crippen molar-refractivity contribution in [3.05, 3.63) is 71.2 Å². The van der Waals surface area contributed by atoms with Crippen molar-refractivity contribution in [3.8, 4) is 23.0 Å². The lowest BCUT2D eigenvalue weighted by Crippen LogP contribution is -2.20. The molecule has 1 N–H and O–H groups in total. The van der Waals surface area contributed by atoms with Crippen LogP contribution in [-0.2, 0) is 4.79 Å². The van der Waals surface area contributed by atoms with Crippen LogP contribution in [0.5, 0.6) is 11.5 Å². The van der Waals surface area contributed by atoms with Crippen molar-refractivity contribution in [2.45, 2.75) is 6.92 Å². The van der Waals surface area contributed by atoms with Crippen molar-refractivity contribution in [2.75, 3.05) is 19.0 Å². The molecular weight excluding hydrogens is 404 g/mol. The highest BCUT2D eigenvalue weighted by atomic mass is 35.5. The van der Waals surface area contributed by atoms with E-state index in [0.717, 1.165) is 11.1 Å². The van der Waals surface area contributed by atoms with Gasteiger partial charge in [0.05, 0.1) is 7.11 Å². The monoisotopic (exact) mass is 422 g/mol. The molecule has 0 aliphatic rings. The Hall–Kier alpha value is -3.51. The molecule has 0 atom stereocenters. The molecule has 30 heavy (non-hydrogen) atoms. The summed E-state index contributed by atoms with van der Waals surface area (Å²) in [7, 11) is 1.60. The van der Waals surface area contributed by atoms with Crippen molar-refractivity contribution in [2.24, 2.45) is 0 Å². The van der Waals surface area contributed by atoms with Gasteiger partial charge in [-0.25, -0.2) is 4.98 Å². The maximum absolute atomic E-state index is 12.3. The van der Waals surface area contributed by atoms with Crippen LogP contribution in [0, 0.1) is 6.92 Å². The molecule has 0 saturated carbocycles. The van der Waals surface area contributed by atoms with Crippen LogP contribution in [0.1, 0.15) is 5.56 Å². The number of halogens is 1. The smallest absolute Gasteiger partial charge is 0.262 e. The van der Waals surface area contributed by atoms with Crippen LogP contribution in [0.25, 0.3) is 22.6 Å². The molecular formula is C23H19ClN2O4. The average molecular weight is 423 g/mol. The number of amides is 1.